The lowest BCUT2D eigenvalue weighted by atomic mass is 10.1. The van der Waals surface area contributed by atoms with E-state index in [9.17, 15) is 13.9 Å². The molecule has 29 heavy (non-hydrogen) atoms. The molecule has 2 N–H and O–H groups in total. The molecule has 3 rings (SSSR count). The molecular weight excluding hydrogens is 378 g/mol. The van der Waals surface area contributed by atoms with Crippen molar-refractivity contribution in [2.24, 2.45) is 0 Å². The zero-order valence-corrected chi connectivity index (χ0v) is 16.7. The number of β-amino-alcohol motifs (C(OH)–C–C–N with tert-alkyl or cyclic N) is 1. The summed E-state index contributed by atoms with van der Waals surface area (Å²) in [5.41, 5.74) is 1.20. The Morgan fingerprint density at radius 2 is 1.90 bits per heavy atom. The first-order valence-electron chi connectivity index (χ1n) is 9.90. The van der Waals surface area contributed by atoms with Gasteiger partial charge < -0.3 is 24.8 Å². The summed E-state index contributed by atoms with van der Waals surface area (Å²) in [6, 6.07) is 9.64. The first-order chi connectivity index (χ1) is 14.1. The SMILES string of the molecule is COc1cc(CNCc2cccc(F)c2F)ccc1OCC(O)CN1CCCC1. The maximum Gasteiger partial charge on any atom is 0.163 e. The predicted octanol–water partition coefficient (Wildman–Crippen LogP) is 3.10. The first kappa shape index (κ1) is 21.5. The van der Waals surface area contributed by atoms with Crippen molar-refractivity contribution in [3.05, 3.63) is 59.2 Å². The van der Waals surface area contributed by atoms with Gasteiger partial charge in [-0.2, -0.15) is 0 Å². The lowest BCUT2D eigenvalue weighted by molar-refractivity contribution is 0.0747. The summed E-state index contributed by atoms with van der Waals surface area (Å²) in [5, 5.41) is 13.3. The minimum atomic E-state index is -0.848. The average molecular weight is 406 g/mol. The highest BCUT2D eigenvalue weighted by Crippen LogP contribution is 2.28. The van der Waals surface area contributed by atoms with Gasteiger partial charge in [0, 0.05) is 25.2 Å². The summed E-state index contributed by atoms with van der Waals surface area (Å²) >= 11 is 0. The molecule has 1 atom stereocenters. The molecule has 1 aliphatic heterocycles. The molecule has 2 aromatic rings. The van der Waals surface area contributed by atoms with Crippen molar-refractivity contribution in [2.45, 2.75) is 32.0 Å². The zero-order chi connectivity index (χ0) is 20.6. The quantitative estimate of drug-likeness (QED) is 0.635. The molecule has 7 heteroatoms. The molecule has 1 aliphatic rings. The Bertz CT molecular complexity index is 798. The highest BCUT2D eigenvalue weighted by Gasteiger charge is 2.17. The van der Waals surface area contributed by atoms with E-state index in [2.05, 4.69) is 10.2 Å². The molecule has 1 unspecified atom stereocenters. The van der Waals surface area contributed by atoms with Crippen LogP contribution in [0, 0.1) is 11.6 Å². The van der Waals surface area contributed by atoms with Gasteiger partial charge in [-0.3, -0.25) is 0 Å². The van der Waals surface area contributed by atoms with Crippen molar-refractivity contribution >= 4 is 0 Å². The number of aliphatic hydroxyl groups excluding tert-OH is 1. The van der Waals surface area contributed by atoms with Gasteiger partial charge in [0.15, 0.2) is 23.1 Å². The van der Waals surface area contributed by atoms with E-state index in [0.717, 1.165) is 24.7 Å². The van der Waals surface area contributed by atoms with Crippen LogP contribution in [0.3, 0.4) is 0 Å². The van der Waals surface area contributed by atoms with E-state index >= 15 is 0 Å². The fourth-order valence-electron chi connectivity index (χ4n) is 3.47. The lowest BCUT2D eigenvalue weighted by Crippen LogP contribution is -2.33. The minimum absolute atomic E-state index is 0.198. The molecule has 0 radical (unpaired) electrons. The molecule has 2 aromatic carbocycles. The molecule has 158 valence electrons. The summed E-state index contributed by atoms with van der Waals surface area (Å²) < 4.78 is 38.1. The van der Waals surface area contributed by atoms with Crippen LogP contribution in [0.2, 0.25) is 0 Å². The highest BCUT2D eigenvalue weighted by atomic mass is 19.2. The number of rotatable bonds is 10. The molecule has 1 fully saturated rings. The van der Waals surface area contributed by atoms with E-state index in [0.29, 0.717) is 24.6 Å². The monoisotopic (exact) mass is 406 g/mol. The van der Waals surface area contributed by atoms with Crippen molar-refractivity contribution in [3.63, 3.8) is 0 Å². The van der Waals surface area contributed by atoms with Gasteiger partial charge in [0.25, 0.3) is 0 Å². The number of benzene rings is 2. The normalized spacial score (nSPS) is 15.4. The summed E-state index contributed by atoms with van der Waals surface area (Å²) in [6.07, 6.45) is 1.81. The summed E-state index contributed by atoms with van der Waals surface area (Å²) in [4.78, 5) is 2.24. The minimum Gasteiger partial charge on any atom is -0.493 e. The third kappa shape index (κ3) is 6.13. The van der Waals surface area contributed by atoms with E-state index in [4.69, 9.17) is 9.47 Å². The number of nitrogens with one attached hydrogen (secondary N) is 1. The van der Waals surface area contributed by atoms with Gasteiger partial charge in [-0.05, 0) is 49.7 Å². The van der Waals surface area contributed by atoms with Crippen molar-refractivity contribution < 1.29 is 23.4 Å². The van der Waals surface area contributed by atoms with Crippen molar-refractivity contribution in [2.75, 3.05) is 33.4 Å². The molecule has 1 heterocycles. The number of hydrogen-bond acceptors (Lipinski definition) is 5. The molecule has 0 spiro atoms. The summed E-state index contributed by atoms with van der Waals surface area (Å²) in [6.45, 7) is 3.55. The van der Waals surface area contributed by atoms with Crippen LogP contribution in [0.25, 0.3) is 0 Å². The molecule has 0 bridgehead atoms. The molecular formula is C22H28F2N2O3. The van der Waals surface area contributed by atoms with E-state index in [1.807, 2.05) is 12.1 Å². The van der Waals surface area contributed by atoms with E-state index in [1.54, 1.807) is 19.2 Å². The fraction of sp³-hybridized carbons (Fsp3) is 0.455. The van der Waals surface area contributed by atoms with Crippen molar-refractivity contribution in [3.8, 4) is 11.5 Å². The van der Waals surface area contributed by atoms with Crippen LogP contribution >= 0.6 is 0 Å². The zero-order valence-electron chi connectivity index (χ0n) is 16.7. The van der Waals surface area contributed by atoms with Gasteiger partial charge in [0.1, 0.15) is 12.7 Å². The van der Waals surface area contributed by atoms with Crippen LogP contribution in [0.15, 0.2) is 36.4 Å². The highest BCUT2D eigenvalue weighted by molar-refractivity contribution is 5.43. The van der Waals surface area contributed by atoms with Crippen LogP contribution in [0.4, 0.5) is 8.78 Å². The number of methoxy groups -OCH3 is 1. The molecule has 1 saturated heterocycles. The van der Waals surface area contributed by atoms with Gasteiger partial charge in [-0.1, -0.05) is 18.2 Å². The number of nitrogens with zero attached hydrogens (tertiary/aromatic N) is 1. The first-order valence-corrected chi connectivity index (χ1v) is 9.90. The second-order valence-corrected chi connectivity index (χ2v) is 7.27. The predicted molar refractivity (Wildman–Crippen MR) is 107 cm³/mol. The Kier molecular flexibility index (Phi) is 7.80. The summed E-state index contributed by atoms with van der Waals surface area (Å²) in [7, 11) is 1.56. The number of likely N-dealkylation sites (tertiary alicyclic amines) is 1. The third-order valence-electron chi connectivity index (χ3n) is 5.00. The smallest absolute Gasteiger partial charge is 0.163 e. The standard InChI is InChI=1S/C22H28F2N2O3/c1-28-21-11-16(12-25-13-17-5-4-6-19(23)22(17)24)7-8-20(21)29-15-18(27)14-26-9-2-3-10-26/h4-8,11,18,25,27H,2-3,9-10,12-15H2,1H3. The second-order valence-electron chi connectivity index (χ2n) is 7.27. The average Bonchev–Trinajstić information content (AvgIpc) is 3.23. The van der Waals surface area contributed by atoms with Gasteiger partial charge in [0.2, 0.25) is 0 Å². The Morgan fingerprint density at radius 3 is 2.66 bits per heavy atom. The molecule has 5 nitrogen and oxygen atoms in total. The Morgan fingerprint density at radius 1 is 1.10 bits per heavy atom. The van der Waals surface area contributed by atoms with E-state index < -0.39 is 17.7 Å². The fourth-order valence-corrected chi connectivity index (χ4v) is 3.47. The number of halogens is 2. The van der Waals surface area contributed by atoms with Crippen molar-refractivity contribution in [1.29, 1.82) is 0 Å². The van der Waals surface area contributed by atoms with Gasteiger partial charge >= 0.3 is 0 Å². The molecule has 0 aromatic heterocycles. The Hall–Kier alpha value is -2.22. The topological polar surface area (TPSA) is 54.0 Å². The van der Waals surface area contributed by atoms with Crippen LogP contribution in [-0.4, -0.2) is 49.5 Å². The Balaban J connectivity index is 1.50. The lowest BCUT2D eigenvalue weighted by Gasteiger charge is -2.20. The number of aliphatic hydroxyl groups is 1. The number of hydrogen-bond donors (Lipinski definition) is 2. The molecule has 0 aliphatic carbocycles. The van der Waals surface area contributed by atoms with Gasteiger partial charge in [0.05, 0.1) is 7.11 Å². The van der Waals surface area contributed by atoms with Crippen LogP contribution < -0.4 is 14.8 Å². The second kappa shape index (κ2) is 10.5. The summed E-state index contributed by atoms with van der Waals surface area (Å²) in [5.74, 6) is -0.546. The Labute approximate surface area is 170 Å². The van der Waals surface area contributed by atoms with E-state index in [1.165, 1.54) is 18.9 Å². The molecule has 0 saturated carbocycles. The van der Waals surface area contributed by atoms with Crippen LogP contribution in [0.1, 0.15) is 24.0 Å². The largest absolute Gasteiger partial charge is 0.493 e. The maximum absolute atomic E-state index is 13.7. The molecule has 0 amide bonds. The van der Waals surface area contributed by atoms with Crippen molar-refractivity contribution in [1.82, 2.24) is 10.2 Å². The maximum atomic E-state index is 13.7. The van der Waals surface area contributed by atoms with Gasteiger partial charge in [-0.15, -0.1) is 0 Å². The third-order valence-corrected chi connectivity index (χ3v) is 5.00. The van der Waals surface area contributed by atoms with Crippen LogP contribution in [0.5, 0.6) is 11.5 Å². The van der Waals surface area contributed by atoms with E-state index in [-0.39, 0.29) is 18.7 Å². The van der Waals surface area contributed by atoms with Crippen LogP contribution in [-0.2, 0) is 13.1 Å². The number of ether oxygens (including phenoxy) is 2. The van der Waals surface area contributed by atoms with Gasteiger partial charge in [-0.25, -0.2) is 8.78 Å².